The lowest BCUT2D eigenvalue weighted by molar-refractivity contribution is -0.121. The molecule has 2 rings (SSSR count). The lowest BCUT2D eigenvalue weighted by atomic mass is 9.87. The van der Waals surface area contributed by atoms with E-state index in [0.717, 1.165) is 5.56 Å². The van der Waals surface area contributed by atoms with E-state index in [2.05, 4.69) is 26.1 Å². The first-order valence-corrected chi connectivity index (χ1v) is 6.40. The molecular weight excluding hydrogens is 240 g/mol. The predicted molar refractivity (Wildman–Crippen MR) is 75.2 cm³/mol. The molecule has 3 amide bonds. The van der Waals surface area contributed by atoms with Crippen molar-refractivity contribution in [3.8, 4) is 0 Å². The normalized spacial score (nSPS) is 18.7. The van der Waals surface area contributed by atoms with Gasteiger partial charge in [0.05, 0.1) is 5.69 Å². The summed E-state index contributed by atoms with van der Waals surface area (Å²) in [5.41, 5.74) is 0.857. The molecule has 19 heavy (non-hydrogen) atoms. The highest BCUT2D eigenvalue weighted by Gasteiger charge is 2.45. The van der Waals surface area contributed by atoms with E-state index in [-0.39, 0.29) is 17.4 Å². The number of benzene rings is 1. The van der Waals surface area contributed by atoms with E-state index in [1.54, 1.807) is 19.9 Å². The smallest absolute Gasteiger partial charge is 0.323 e. The summed E-state index contributed by atoms with van der Waals surface area (Å²) >= 11 is 0. The maximum Gasteiger partial charge on any atom is 0.329 e. The lowest BCUT2D eigenvalue weighted by Crippen LogP contribution is -2.40. The number of imide groups is 1. The molecule has 1 saturated heterocycles. The van der Waals surface area contributed by atoms with Crippen LogP contribution < -0.4 is 10.2 Å². The van der Waals surface area contributed by atoms with Crippen molar-refractivity contribution < 1.29 is 9.59 Å². The number of anilines is 1. The molecule has 0 spiro atoms. The molecule has 1 aliphatic heterocycles. The Hall–Kier alpha value is -1.84. The van der Waals surface area contributed by atoms with Gasteiger partial charge in [0.25, 0.3) is 5.91 Å². The second-order valence-corrected chi connectivity index (χ2v) is 6.50. The van der Waals surface area contributed by atoms with E-state index in [0.29, 0.717) is 5.69 Å². The number of amides is 3. The third-order valence-corrected chi connectivity index (χ3v) is 3.33. The number of nitrogens with one attached hydrogen (secondary N) is 1. The standard InChI is InChI=1S/C15H20N2O2/c1-14(2,3)10-7-6-8-11(9-10)17-12(18)15(4,5)16-13(17)19/h6-9H,1-5H3,(H,16,19). The zero-order valence-electron chi connectivity index (χ0n) is 12.1. The minimum atomic E-state index is -0.838. The molecule has 1 fully saturated rings. The molecule has 0 saturated carbocycles. The first-order valence-electron chi connectivity index (χ1n) is 6.40. The van der Waals surface area contributed by atoms with Gasteiger partial charge in [-0.05, 0) is 37.0 Å². The predicted octanol–water partition coefficient (Wildman–Crippen LogP) is 2.82. The summed E-state index contributed by atoms with van der Waals surface area (Å²) in [6.07, 6.45) is 0. The van der Waals surface area contributed by atoms with Gasteiger partial charge in [0, 0.05) is 0 Å². The van der Waals surface area contributed by atoms with Gasteiger partial charge < -0.3 is 5.32 Å². The van der Waals surface area contributed by atoms with E-state index in [1.807, 2.05) is 18.2 Å². The number of carbonyl (C=O) groups is 2. The minimum absolute atomic E-state index is 0.0230. The number of nitrogens with zero attached hydrogens (tertiary/aromatic N) is 1. The highest BCUT2D eigenvalue weighted by atomic mass is 16.2. The molecule has 1 aliphatic rings. The quantitative estimate of drug-likeness (QED) is 0.789. The number of carbonyl (C=O) groups excluding carboxylic acids is 2. The van der Waals surface area contributed by atoms with Crippen molar-refractivity contribution in [2.45, 2.75) is 45.6 Å². The number of hydrogen-bond acceptors (Lipinski definition) is 2. The van der Waals surface area contributed by atoms with Gasteiger partial charge in [0.2, 0.25) is 0 Å². The SMILES string of the molecule is CC1(C)NC(=O)N(c2cccc(C(C)(C)C)c2)C1=O. The largest absolute Gasteiger partial charge is 0.329 e. The van der Waals surface area contributed by atoms with Crippen LogP contribution in [0.3, 0.4) is 0 Å². The Balaban J connectivity index is 2.44. The monoisotopic (exact) mass is 260 g/mol. The maximum absolute atomic E-state index is 12.2. The average Bonchev–Trinajstić information content (AvgIpc) is 2.47. The van der Waals surface area contributed by atoms with Gasteiger partial charge in [-0.15, -0.1) is 0 Å². The minimum Gasteiger partial charge on any atom is -0.323 e. The highest BCUT2D eigenvalue weighted by Crippen LogP contribution is 2.29. The van der Waals surface area contributed by atoms with Gasteiger partial charge in [0.1, 0.15) is 5.54 Å². The van der Waals surface area contributed by atoms with E-state index in [4.69, 9.17) is 0 Å². The molecule has 0 radical (unpaired) electrons. The van der Waals surface area contributed by atoms with Crippen LogP contribution in [0.15, 0.2) is 24.3 Å². The van der Waals surface area contributed by atoms with Crippen molar-refractivity contribution in [1.29, 1.82) is 0 Å². The zero-order chi connectivity index (χ0) is 14.4. The summed E-state index contributed by atoms with van der Waals surface area (Å²) in [6, 6.07) is 7.21. The average molecular weight is 260 g/mol. The fourth-order valence-electron chi connectivity index (χ4n) is 2.09. The molecule has 1 heterocycles. The molecule has 4 nitrogen and oxygen atoms in total. The molecular formula is C15H20N2O2. The third-order valence-electron chi connectivity index (χ3n) is 3.33. The number of rotatable bonds is 1. The molecule has 1 aromatic rings. The molecule has 4 heteroatoms. The van der Waals surface area contributed by atoms with Crippen LogP contribution in [0.2, 0.25) is 0 Å². The Morgan fingerprint density at radius 1 is 1.16 bits per heavy atom. The Kier molecular flexibility index (Phi) is 2.92. The first-order chi connectivity index (χ1) is 8.63. The van der Waals surface area contributed by atoms with Crippen molar-refractivity contribution in [3.63, 3.8) is 0 Å². The lowest BCUT2D eigenvalue weighted by Gasteiger charge is -2.22. The molecule has 0 bridgehead atoms. The van der Waals surface area contributed by atoms with Gasteiger partial charge in [-0.2, -0.15) is 0 Å². The Bertz CT molecular complexity index is 541. The summed E-state index contributed by atoms with van der Waals surface area (Å²) in [7, 11) is 0. The van der Waals surface area contributed by atoms with E-state index in [9.17, 15) is 9.59 Å². The van der Waals surface area contributed by atoms with Crippen LogP contribution in [0.4, 0.5) is 10.5 Å². The van der Waals surface area contributed by atoms with Crippen LogP contribution >= 0.6 is 0 Å². The third kappa shape index (κ3) is 2.35. The highest BCUT2D eigenvalue weighted by molar-refractivity contribution is 6.23. The summed E-state index contributed by atoms with van der Waals surface area (Å²) in [5.74, 6) is -0.219. The second kappa shape index (κ2) is 4.08. The van der Waals surface area contributed by atoms with Gasteiger partial charge in [-0.3, -0.25) is 4.79 Å². The second-order valence-electron chi connectivity index (χ2n) is 6.50. The number of hydrogen-bond donors (Lipinski definition) is 1. The summed E-state index contributed by atoms with van der Waals surface area (Å²) in [5, 5.41) is 2.69. The summed E-state index contributed by atoms with van der Waals surface area (Å²) in [4.78, 5) is 25.4. The molecule has 0 aromatic heterocycles. The maximum atomic E-state index is 12.2. The zero-order valence-corrected chi connectivity index (χ0v) is 12.1. The van der Waals surface area contributed by atoms with Gasteiger partial charge >= 0.3 is 6.03 Å². The fraction of sp³-hybridized carbons (Fsp3) is 0.467. The van der Waals surface area contributed by atoms with Crippen LogP contribution in [0.5, 0.6) is 0 Å². The summed E-state index contributed by atoms with van der Waals surface area (Å²) < 4.78 is 0. The summed E-state index contributed by atoms with van der Waals surface area (Å²) in [6.45, 7) is 9.72. The van der Waals surface area contributed by atoms with Crippen LogP contribution in [-0.4, -0.2) is 17.5 Å². The number of urea groups is 1. The fourth-order valence-corrected chi connectivity index (χ4v) is 2.09. The molecule has 0 unspecified atom stereocenters. The first kappa shape index (κ1) is 13.6. The van der Waals surface area contributed by atoms with Gasteiger partial charge in [-0.1, -0.05) is 32.9 Å². The van der Waals surface area contributed by atoms with E-state index < -0.39 is 5.54 Å². The molecule has 102 valence electrons. The van der Waals surface area contributed by atoms with Crippen LogP contribution in [-0.2, 0) is 10.2 Å². The Morgan fingerprint density at radius 2 is 1.79 bits per heavy atom. The Morgan fingerprint density at radius 3 is 2.26 bits per heavy atom. The van der Waals surface area contributed by atoms with Gasteiger partial charge in [-0.25, -0.2) is 9.69 Å². The van der Waals surface area contributed by atoms with Crippen molar-refractivity contribution in [1.82, 2.24) is 5.32 Å². The molecule has 0 atom stereocenters. The van der Waals surface area contributed by atoms with Crippen molar-refractivity contribution in [3.05, 3.63) is 29.8 Å². The van der Waals surface area contributed by atoms with Gasteiger partial charge in [0.15, 0.2) is 0 Å². The Labute approximate surface area is 113 Å². The van der Waals surface area contributed by atoms with Crippen molar-refractivity contribution in [2.24, 2.45) is 0 Å². The van der Waals surface area contributed by atoms with Crippen molar-refractivity contribution in [2.75, 3.05) is 4.90 Å². The van der Waals surface area contributed by atoms with Crippen LogP contribution in [0.1, 0.15) is 40.2 Å². The van der Waals surface area contributed by atoms with E-state index in [1.165, 1.54) is 4.90 Å². The topological polar surface area (TPSA) is 49.4 Å². The van der Waals surface area contributed by atoms with Crippen molar-refractivity contribution >= 4 is 17.6 Å². The van der Waals surface area contributed by atoms with Crippen LogP contribution in [0, 0.1) is 0 Å². The van der Waals surface area contributed by atoms with E-state index >= 15 is 0 Å². The molecule has 0 aliphatic carbocycles. The molecule has 1 N–H and O–H groups in total. The molecule has 1 aromatic carbocycles. The van der Waals surface area contributed by atoms with Crippen LogP contribution in [0.25, 0.3) is 0 Å².